The summed E-state index contributed by atoms with van der Waals surface area (Å²) in [7, 11) is 0. The highest BCUT2D eigenvalue weighted by atomic mass is 32.2. The molecule has 2 aliphatic heterocycles. The number of rotatable bonds is 3. The lowest BCUT2D eigenvalue weighted by molar-refractivity contribution is -0.113. The smallest absolute Gasteiger partial charge is 0.255 e. The van der Waals surface area contributed by atoms with Gasteiger partial charge in [0.2, 0.25) is 5.91 Å². The van der Waals surface area contributed by atoms with Crippen LogP contribution in [0.1, 0.15) is 23.2 Å². The molecule has 2 N–H and O–H groups in total. The Labute approximate surface area is 150 Å². The summed E-state index contributed by atoms with van der Waals surface area (Å²) in [6, 6.07) is 13.3. The van der Waals surface area contributed by atoms with Crippen LogP contribution in [0.4, 0.5) is 17.1 Å². The molecule has 0 aromatic heterocycles. The van der Waals surface area contributed by atoms with E-state index in [1.165, 1.54) is 24.6 Å². The Morgan fingerprint density at radius 2 is 1.92 bits per heavy atom. The Morgan fingerprint density at radius 3 is 2.76 bits per heavy atom. The zero-order valence-electron chi connectivity index (χ0n) is 13.7. The van der Waals surface area contributed by atoms with Crippen LogP contribution >= 0.6 is 11.8 Å². The highest BCUT2D eigenvalue weighted by molar-refractivity contribution is 8.00. The second kappa shape index (κ2) is 6.80. The minimum absolute atomic E-state index is 0.0329. The average molecular weight is 353 g/mol. The van der Waals surface area contributed by atoms with Gasteiger partial charge in [0.05, 0.1) is 22.8 Å². The van der Waals surface area contributed by atoms with Crippen LogP contribution in [-0.2, 0) is 4.79 Å². The molecule has 0 atom stereocenters. The van der Waals surface area contributed by atoms with Gasteiger partial charge in [0.1, 0.15) is 0 Å². The van der Waals surface area contributed by atoms with Crippen molar-refractivity contribution in [1.82, 2.24) is 0 Å². The van der Waals surface area contributed by atoms with Gasteiger partial charge in [-0.1, -0.05) is 12.1 Å². The Morgan fingerprint density at radius 1 is 1.12 bits per heavy atom. The first-order valence-corrected chi connectivity index (χ1v) is 9.41. The van der Waals surface area contributed by atoms with Gasteiger partial charge in [-0.15, -0.1) is 11.8 Å². The fourth-order valence-electron chi connectivity index (χ4n) is 3.23. The van der Waals surface area contributed by atoms with Gasteiger partial charge in [-0.25, -0.2) is 0 Å². The summed E-state index contributed by atoms with van der Waals surface area (Å²) in [5, 5.41) is 5.85. The third kappa shape index (κ3) is 3.35. The zero-order valence-corrected chi connectivity index (χ0v) is 14.6. The number of nitrogens with one attached hydrogen (secondary N) is 2. The van der Waals surface area contributed by atoms with Crippen molar-refractivity contribution < 1.29 is 9.59 Å². The molecule has 4 rings (SSSR count). The molecule has 2 amide bonds. The van der Waals surface area contributed by atoms with E-state index in [0.29, 0.717) is 17.0 Å². The maximum Gasteiger partial charge on any atom is 0.255 e. The van der Waals surface area contributed by atoms with E-state index in [-0.39, 0.29) is 11.8 Å². The van der Waals surface area contributed by atoms with Crippen molar-refractivity contribution >= 4 is 40.6 Å². The van der Waals surface area contributed by atoms with E-state index in [9.17, 15) is 9.59 Å². The van der Waals surface area contributed by atoms with Crippen LogP contribution in [0.5, 0.6) is 0 Å². The van der Waals surface area contributed by atoms with Crippen LogP contribution in [0.2, 0.25) is 0 Å². The lowest BCUT2D eigenvalue weighted by atomic mass is 10.1. The Balaban J connectivity index is 1.57. The van der Waals surface area contributed by atoms with Gasteiger partial charge in [-0.05, 0) is 43.2 Å². The number of benzene rings is 2. The predicted octanol–water partition coefficient (Wildman–Crippen LogP) is 3.58. The second-order valence-electron chi connectivity index (χ2n) is 6.21. The van der Waals surface area contributed by atoms with E-state index in [0.717, 1.165) is 29.4 Å². The van der Waals surface area contributed by atoms with E-state index in [2.05, 4.69) is 15.5 Å². The summed E-state index contributed by atoms with van der Waals surface area (Å²) < 4.78 is 0. The van der Waals surface area contributed by atoms with Gasteiger partial charge < -0.3 is 15.5 Å². The van der Waals surface area contributed by atoms with Crippen LogP contribution < -0.4 is 15.5 Å². The minimum Gasteiger partial charge on any atom is -0.370 e. The Bertz CT molecular complexity index is 831. The van der Waals surface area contributed by atoms with Crippen LogP contribution in [0.25, 0.3) is 0 Å². The minimum atomic E-state index is -0.167. The molecule has 5 nitrogen and oxygen atoms in total. The highest BCUT2D eigenvalue weighted by Gasteiger charge is 2.19. The quantitative estimate of drug-likeness (QED) is 0.885. The van der Waals surface area contributed by atoms with E-state index in [1.807, 2.05) is 30.3 Å². The van der Waals surface area contributed by atoms with Gasteiger partial charge in [-0.3, -0.25) is 9.59 Å². The maximum atomic E-state index is 12.7. The molecule has 2 aliphatic rings. The first-order valence-electron chi connectivity index (χ1n) is 8.43. The van der Waals surface area contributed by atoms with Crippen molar-refractivity contribution in [2.75, 3.05) is 34.4 Å². The highest BCUT2D eigenvalue weighted by Crippen LogP contribution is 2.33. The zero-order chi connectivity index (χ0) is 17.2. The molecule has 2 aromatic carbocycles. The summed E-state index contributed by atoms with van der Waals surface area (Å²) in [5.41, 5.74) is 3.14. The monoisotopic (exact) mass is 353 g/mol. The maximum absolute atomic E-state index is 12.7. The van der Waals surface area contributed by atoms with Crippen molar-refractivity contribution in [3.05, 3.63) is 48.0 Å². The third-order valence-corrected chi connectivity index (χ3v) is 5.55. The number of hydrogen-bond donors (Lipinski definition) is 2. The number of fused-ring (bicyclic) bond motifs is 1. The summed E-state index contributed by atoms with van der Waals surface area (Å²) >= 11 is 1.49. The summed E-state index contributed by atoms with van der Waals surface area (Å²) in [4.78, 5) is 27.5. The number of hydrogen-bond acceptors (Lipinski definition) is 4. The molecule has 0 aliphatic carbocycles. The number of nitrogens with zero attached hydrogens (tertiary/aromatic N) is 1. The number of thioether (sulfide) groups is 1. The largest absolute Gasteiger partial charge is 0.370 e. The molecule has 1 fully saturated rings. The normalized spacial score (nSPS) is 16.3. The van der Waals surface area contributed by atoms with Crippen LogP contribution in [-0.4, -0.2) is 30.7 Å². The molecule has 1 saturated heterocycles. The van der Waals surface area contributed by atoms with Crippen LogP contribution in [0.15, 0.2) is 47.4 Å². The lowest BCUT2D eigenvalue weighted by Gasteiger charge is -2.22. The van der Waals surface area contributed by atoms with E-state index in [1.54, 1.807) is 12.1 Å². The topological polar surface area (TPSA) is 61.4 Å². The van der Waals surface area contributed by atoms with Gasteiger partial charge in [0.15, 0.2) is 0 Å². The summed E-state index contributed by atoms with van der Waals surface area (Å²) in [6.45, 7) is 2.05. The molecule has 0 spiro atoms. The number of carbonyl (C=O) groups excluding carboxylic acids is 2. The van der Waals surface area contributed by atoms with Crippen molar-refractivity contribution in [1.29, 1.82) is 0 Å². The SMILES string of the molecule is O=C1CSc2ccc(C(=O)Nc3ccccc3N3CCCC3)cc2N1. The number of anilines is 3. The molecule has 0 unspecified atom stereocenters. The van der Waals surface area contributed by atoms with Crippen LogP contribution in [0.3, 0.4) is 0 Å². The van der Waals surface area contributed by atoms with E-state index >= 15 is 0 Å². The number of amides is 2. The molecule has 128 valence electrons. The molecule has 0 saturated carbocycles. The molecule has 6 heteroatoms. The van der Waals surface area contributed by atoms with Crippen molar-refractivity contribution in [3.8, 4) is 0 Å². The van der Waals surface area contributed by atoms with Crippen molar-refractivity contribution in [2.24, 2.45) is 0 Å². The third-order valence-electron chi connectivity index (χ3n) is 4.47. The van der Waals surface area contributed by atoms with E-state index < -0.39 is 0 Å². The first-order chi connectivity index (χ1) is 12.2. The van der Waals surface area contributed by atoms with E-state index in [4.69, 9.17) is 0 Å². The molecule has 0 radical (unpaired) electrons. The molecule has 2 heterocycles. The van der Waals surface area contributed by atoms with Crippen molar-refractivity contribution in [3.63, 3.8) is 0 Å². The number of carbonyl (C=O) groups is 2. The van der Waals surface area contributed by atoms with Crippen LogP contribution in [0, 0.1) is 0 Å². The molecule has 25 heavy (non-hydrogen) atoms. The standard InChI is InChI=1S/C19H19N3O2S/c23-18-12-25-17-8-7-13(11-15(17)20-18)19(24)21-14-5-1-2-6-16(14)22-9-3-4-10-22/h1-2,5-8,11H,3-4,9-10,12H2,(H,20,23)(H,21,24). The van der Waals surface area contributed by atoms with Crippen molar-refractivity contribution in [2.45, 2.75) is 17.7 Å². The fourth-order valence-corrected chi connectivity index (χ4v) is 4.02. The van der Waals surface area contributed by atoms with Gasteiger partial charge in [-0.2, -0.15) is 0 Å². The predicted molar refractivity (Wildman–Crippen MR) is 102 cm³/mol. The fraction of sp³-hybridized carbons (Fsp3) is 0.263. The first kappa shape index (κ1) is 16.0. The lowest BCUT2D eigenvalue weighted by Crippen LogP contribution is -2.22. The van der Waals surface area contributed by atoms with Gasteiger partial charge in [0, 0.05) is 23.5 Å². The summed E-state index contributed by atoms with van der Waals surface area (Å²) in [5.74, 6) is 0.218. The molecule has 2 aromatic rings. The average Bonchev–Trinajstić information content (AvgIpc) is 3.16. The Kier molecular flexibility index (Phi) is 4.36. The Hall–Kier alpha value is -2.47. The van der Waals surface area contributed by atoms with Gasteiger partial charge in [0.25, 0.3) is 5.91 Å². The molecular weight excluding hydrogens is 334 g/mol. The molecular formula is C19H19N3O2S. The number of para-hydroxylation sites is 2. The second-order valence-corrected chi connectivity index (χ2v) is 7.23. The van der Waals surface area contributed by atoms with Gasteiger partial charge >= 0.3 is 0 Å². The molecule has 0 bridgehead atoms. The summed E-state index contributed by atoms with van der Waals surface area (Å²) in [6.07, 6.45) is 2.37.